The minimum atomic E-state index is 0. The van der Waals surface area contributed by atoms with Gasteiger partial charge in [0.1, 0.15) is 11.4 Å². The van der Waals surface area contributed by atoms with Gasteiger partial charge in [0.15, 0.2) is 0 Å². The monoisotopic (exact) mass is 746 g/mol. The molecule has 282 valence electrons. The number of hydrogen-bond acceptors (Lipinski definition) is 5. The molecule has 0 radical (unpaired) electrons. The van der Waals surface area contributed by atoms with Crippen LogP contribution >= 0.6 is 11.6 Å². The van der Waals surface area contributed by atoms with Gasteiger partial charge in [0.2, 0.25) is 6.71 Å². The topological polar surface area (TPSA) is 62.1 Å². The molecule has 0 aliphatic heterocycles. The van der Waals surface area contributed by atoms with Crippen LogP contribution in [0.15, 0.2) is 170 Å². The number of alkyl halides is 1. The molecular weight excluding hydrogens is 690 g/mol. The molecule has 3 aromatic heterocycles. The molecule has 0 saturated heterocycles. The van der Waals surface area contributed by atoms with Crippen LogP contribution in [0.1, 0.15) is 38.1 Å². The molecular formula is C47H57BClLiN4O. The van der Waals surface area contributed by atoms with E-state index in [0.29, 0.717) is 12.4 Å². The van der Waals surface area contributed by atoms with Gasteiger partial charge in [-0.3, -0.25) is 4.98 Å². The number of aliphatic hydroxyl groups is 1. The molecule has 3 heterocycles. The van der Waals surface area contributed by atoms with Crippen LogP contribution < -0.4 is 35.2 Å². The van der Waals surface area contributed by atoms with E-state index in [9.17, 15) is 0 Å². The van der Waals surface area contributed by atoms with Crippen molar-refractivity contribution in [3.05, 3.63) is 189 Å². The molecule has 0 saturated carbocycles. The minimum Gasteiger partial charge on any atom is -0.400 e. The largest absolute Gasteiger partial charge is 1.00 e. The smallest absolute Gasteiger partial charge is 0.400 e. The van der Waals surface area contributed by atoms with E-state index in [1.54, 1.807) is 37.8 Å². The number of unbranched alkanes of at least 4 members (excludes halogenated alkanes) is 1. The fraction of sp³-hybridized carbons (Fsp3) is 0.191. The normalized spacial score (nSPS) is 8.18. The predicted octanol–water partition coefficient (Wildman–Crippen LogP) is 5.07. The number of rotatable bonds is 4. The molecule has 0 bridgehead atoms. The van der Waals surface area contributed by atoms with Gasteiger partial charge in [-0.25, -0.2) is 9.97 Å². The van der Waals surface area contributed by atoms with Crippen molar-refractivity contribution in [3.8, 4) is 24.2 Å². The summed E-state index contributed by atoms with van der Waals surface area (Å²) in [6.45, 7) is 7.83. The zero-order valence-corrected chi connectivity index (χ0v) is 34.8. The van der Waals surface area contributed by atoms with Crippen molar-refractivity contribution in [1.82, 2.24) is 19.9 Å². The molecule has 0 unspecified atom stereocenters. The van der Waals surface area contributed by atoms with Crippen LogP contribution in [-0.2, 0) is 0 Å². The summed E-state index contributed by atoms with van der Waals surface area (Å²) < 4.78 is 0. The van der Waals surface area contributed by atoms with Crippen LogP contribution in [0.2, 0.25) is 0 Å². The Labute approximate surface area is 351 Å². The molecule has 8 heteroatoms. The van der Waals surface area contributed by atoms with Crippen molar-refractivity contribution in [2.24, 2.45) is 0 Å². The molecule has 1 N–H and O–H groups in total. The second kappa shape index (κ2) is 41.9. The fourth-order valence-electron chi connectivity index (χ4n) is 3.84. The number of aliphatic hydroxyl groups excluding tert-OH is 1. The van der Waals surface area contributed by atoms with Crippen LogP contribution in [0.4, 0.5) is 0 Å². The molecule has 0 aliphatic carbocycles. The molecule has 0 fully saturated rings. The first-order valence-electron chi connectivity index (χ1n) is 17.4. The number of aromatic nitrogens is 3. The van der Waals surface area contributed by atoms with Gasteiger partial charge in [0.05, 0.1) is 0 Å². The van der Waals surface area contributed by atoms with Crippen LogP contribution in [-0.4, -0.2) is 66.3 Å². The molecule has 6 rings (SSSR count). The number of terminal acetylenes is 1. The minimum absolute atomic E-state index is 0. The summed E-state index contributed by atoms with van der Waals surface area (Å²) in [6.07, 6.45) is 15.7. The van der Waals surface area contributed by atoms with Gasteiger partial charge >= 0.3 is 18.9 Å². The summed E-state index contributed by atoms with van der Waals surface area (Å²) in [7, 11) is 7.00. The maximum atomic E-state index is 7.00. The fourth-order valence-corrected chi connectivity index (χ4v) is 3.84. The van der Waals surface area contributed by atoms with E-state index in [1.807, 2.05) is 74.6 Å². The zero-order chi connectivity index (χ0) is 40.5. The Morgan fingerprint density at radius 3 is 1.15 bits per heavy atom. The van der Waals surface area contributed by atoms with Gasteiger partial charge < -0.3 is 16.9 Å². The summed E-state index contributed by atoms with van der Waals surface area (Å²) in [5.41, 5.74) is 5.52. The number of benzene rings is 3. The summed E-state index contributed by atoms with van der Waals surface area (Å²) in [5.74, 6) is 8.03. The summed E-state index contributed by atoms with van der Waals surface area (Å²) in [4.78, 5) is 13.6. The second-order valence-electron chi connectivity index (χ2n) is 10.8. The summed E-state index contributed by atoms with van der Waals surface area (Å²) >= 11 is 4.64. The first-order valence-corrected chi connectivity index (χ1v) is 18.2. The number of halogens is 1. The first kappa shape index (κ1) is 54.4. The van der Waals surface area contributed by atoms with Gasteiger partial charge in [-0.05, 0) is 70.4 Å². The first-order chi connectivity index (χ1) is 26.5. The molecule has 0 atom stereocenters. The van der Waals surface area contributed by atoms with Crippen molar-refractivity contribution < 1.29 is 24.0 Å². The quantitative estimate of drug-likeness (QED) is 0.118. The van der Waals surface area contributed by atoms with Crippen molar-refractivity contribution in [3.63, 3.8) is 0 Å². The molecule has 0 aliphatic rings. The van der Waals surface area contributed by atoms with Crippen LogP contribution in [0.3, 0.4) is 0 Å². The second-order valence-corrected chi connectivity index (χ2v) is 10.8. The van der Waals surface area contributed by atoms with Gasteiger partial charge in [-0.2, -0.15) is 6.42 Å². The van der Waals surface area contributed by atoms with E-state index < -0.39 is 0 Å². The van der Waals surface area contributed by atoms with E-state index in [2.05, 4.69) is 149 Å². The Morgan fingerprint density at radius 1 is 0.618 bits per heavy atom. The molecule has 5 nitrogen and oxygen atoms in total. The van der Waals surface area contributed by atoms with Gasteiger partial charge in [0, 0.05) is 38.3 Å². The maximum absolute atomic E-state index is 7.00. The average Bonchev–Trinajstić information content (AvgIpc) is 3.26. The third-order valence-electron chi connectivity index (χ3n) is 6.05. The van der Waals surface area contributed by atoms with Crippen molar-refractivity contribution in [1.29, 1.82) is 0 Å². The van der Waals surface area contributed by atoms with Crippen molar-refractivity contribution in [2.45, 2.75) is 26.7 Å². The van der Waals surface area contributed by atoms with E-state index in [0.717, 1.165) is 19.2 Å². The SMILES string of the molecule is C#Cc1ccccn1.CC#Cc1ccccn1.CCl.CN(C)C.CO.[CH2-]CCC.[Li+].c1ccc(B(c2ccccc2)c2ccccc2)cc1.c1ccncc1. The number of hydrogen-bond donors (Lipinski definition) is 1. The zero-order valence-electron chi connectivity index (χ0n) is 34.1. The predicted molar refractivity (Wildman–Crippen MR) is 237 cm³/mol. The van der Waals surface area contributed by atoms with Crippen LogP contribution in [0.5, 0.6) is 0 Å². The summed E-state index contributed by atoms with van der Waals surface area (Å²) in [5, 5.41) is 7.00. The summed E-state index contributed by atoms with van der Waals surface area (Å²) in [6, 6.07) is 48.9. The van der Waals surface area contributed by atoms with E-state index >= 15 is 0 Å². The van der Waals surface area contributed by atoms with Crippen LogP contribution in [0.25, 0.3) is 0 Å². The third kappa shape index (κ3) is 31.2. The van der Waals surface area contributed by atoms with Gasteiger partial charge in [-0.1, -0.05) is 151 Å². The average molecular weight is 747 g/mol. The van der Waals surface area contributed by atoms with E-state index in [-0.39, 0.29) is 18.9 Å². The molecule has 3 aromatic carbocycles. The third-order valence-corrected chi connectivity index (χ3v) is 6.05. The van der Waals surface area contributed by atoms with Crippen LogP contribution in [0, 0.1) is 31.1 Å². The maximum Gasteiger partial charge on any atom is 1.00 e. The Bertz CT molecular complexity index is 1600. The molecule has 55 heavy (non-hydrogen) atoms. The van der Waals surface area contributed by atoms with E-state index in [1.165, 1.54) is 29.2 Å². The Morgan fingerprint density at radius 2 is 0.927 bits per heavy atom. The number of pyridine rings is 3. The standard InChI is InChI=1S/C18H15B.C8H7N.C7H5N.C5H5N.C4H9.C3H9N.CH3Cl.CH4O.Li/c1-4-10-16(11-5-1)19(17-12-6-2-7-13-17)18-14-8-3-9-15-18;1-2-5-8-6-3-4-7-9-8;1-2-7-5-3-4-6-8-7;1-2-4-6-5-3-1;1-3-4-2;1-4(2)3;2*1-2;/h1-15H;3-4,6-7H,1H3;1,3-6H;1-5H;1,3-4H2,2H3;1-3H3;1H3;2H,1H3;/q;;;;-1;;;;+1. The molecule has 0 spiro atoms. The Hall–Kier alpha value is -4.90. The van der Waals surface area contributed by atoms with E-state index in [4.69, 9.17) is 11.5 Å². The van der Waals surface area contributed by atoms with Crippen molar-refractivity contribution >= 4 is 34.7 Å². The van der Waals surface area contributed by atoms with Gasteiger partial charge in [0.25, 0.3) is 0 Å². The number of nitrogens with zero attached hydrogens (tertiary/aromatic N) is 4. The molecule has 0 amide bonds. The Kier molecular flexibility index (Phi) is 41.4. The van der Waals surface area contributed by atoms with Crippen molar-refractivity contribution in [2.75, 3.05) is 34.6 Å². The van der Waals surface area contributed by atoms with Gasteiger partial charge in [-0.15, -0.1) is 18.0 Å². The Balaban J connectivity index is -0.000000638. The molecule has 6 aromatic rings.